The van der Waals surface area contributed by atoms with Gasteiger partial charge in [-0.1, -0.05) is 26.0 Å². The highest BCUT2D eigenvalue weighted by molar-refractivity contribution is 5.41. The molecule has 0 N–H and O–H groups in total. The maximum atomic E-state index is 5.36. The van der Waals surface area contributed by atoms with Gasteiger partial charge in [0.2, 0.25) is 0 Å². The minimum Gasteiger partial charge on any atom is -0.496 e. The largest absolute Gasteiger partial charge is 0.496 e. The van der Waals surface area contributed by atoms with Gasteiger partial charge >= 0.3 is 0 Å². The lowest BCUT2D eigenvalue weighted by Crippen LogP contribution is -1.94. The van der Waals surface area contributed by atoms with Crippen LogP contribution in [0.5, 0.6) is 5.75 Å². The molecule has 0 bridgehead atoms. The van der Waals surface area contributed by atoms with Gasteiger partial charge in [-0.25, -0.2) is 0 Å². The van der Waals surface area contributed by atoms with Crippen molar-refractivity contribution in [3.63, 3.8) is 0 Å². The van der Waals surface area contributed by atoms with Crippen molar-refractivity contribution in [1.82, 2.24) is 0 Å². The third kappa shape index (κ3) is 1.75. The smallest absolute Gasteiger partial charge is 0.125 e. The molecule has 0 radical (unpaired) electrons. The molecule has 1 aliphatic heterocycles. The lowest BCUT2D eigenvalue weighted by atomic mass is 10.00. The summed E-state index contributed by atoms with van der Waals surface area (Å²) in [6.07, 6.45) is 0.270. The van der Waals surface area contributed by atoms with E-state index in [1.54, 1.807) is 7.11 Å². The van der Waals surface area contributed by atoms with Gasteiger partial charge in [-0.15, -0.1) is 0 Å². The quantitative estimate of drug-likeness (QED) is 0.687. The molecule has 1 aromatic rings. The van der Waals surface area contributed by atoms with Crippen LogP contribution in [0.1, 0.15) is 37.0 Å². The first-order valence-corrected chi connectivity index (χ1v) is 5.02. The zero-order valence-corrected chi connectivity index (χ0v) is 8.91. The molecule has 1 aromatic carbocycles. The Morgan fingerprint density at radius 3 is 2.64 bits per heavy atom. The van der Waals surface area contributed by atoms with Crippen LogP contribution in [0, 0.1) is 0 Å². The second kappa shape index (κ2) is 3.62. The maximum Gasteiger partial charge on any atom is 0.125 e. The highest BCUT2D eigenvalue weighted by Gasteiger charge is 2.28. The van der Waals surface area contributed by atoms with E-state index in [1.165, 1.54) is 11.1 Å². The molecule has 1 atom stereocenters. The monoisotopic (exact) mass is 192 g/mol. The van der Waals surface area contributed by atoms with Crippen molar-refractivity contribution in [2.24, 2.45) is 0 Å². The van der Waals surface area contributed by atoms with Gasteiger partial charge in [-0.05, 0) is 17.5 Å². The summed E-state index contributed by atoms with van der Waals surface area (Å²) in [7, 11) is 1.71. The summed E-state index contributed by atoms with van der Waals surface area (Å²) in [5, 5.41) is 0. The van der Waals surface area contributed by atoms with Gasteiger partial charge in [0.05, 0.1) is 13.7 Å². The Bertz CT molecular complexity index is 327. The summed E-state index contributed by atoms with van der Waals surface area (Å²) >= 11 is 0. The summed E-state index contributed by atoms with van der Waals surface area (Å²) in [4.78, 5) is 0. The minimum absolute atomic E-state index is 0.270. The number of epoxide rings is 1. The lowest BCUT2D eigenvalue weighted by molar-refractivity contribution is 0.383. The van der Waals surface area contributed by atoms with E-state index in [-0.39, 0.29) is 6.10 Å². The first-order chi connectivity index (χ1) is 6.72. The Hall–Kier alpha value is -1.02. The van der Waals surface area contributed by atoms with E-state index < -0.39 is 0 Å². The van der Waals surface area contributed by atoms with Crippen LogP contribution in [0.25, 0.3) is 0 Å². The van der Waals surface area contributed by atoms with Crippen LogP contribution >= 0.6 is 0 Å². The fourth-order valence-electron chi connectivity index (χ4n) is 1.58. The topological polar surface area (TPSA) is 21.8 Å². The lowest BCUT2D eigenvalue weighted by Gasteiger charge is -2.11. The van der Waals surface area contributed by atoms with E-state index in [9.17, 15) is 0 Å². The molecule has 76 valence electrons. The standard InChI is InChI=1S/C12H16O2/c1-8(2)9-4-5-10(12-7-14-12)11(6-9)13-3/h4-6,8,12H,7H2,1-3H3. The minimum atomic E-state index is 0.270. The van der Waals surface area contributed by atoms with Crippen molar-refractivity contribution < 1.29 is 9.47 Å². The first-order valence-electron chi connectivity index (χ1n) is 5.02. The van der Waals surface area contributed by atoms with Crippen LogP contribution in [0.3, 0.4) is 0 Å². The number of hydrogen-bond acceptors (Lipinski definition) is 2. The molecule has 0 amide bonds. The van der Waals surface area contributed by atoms with Crippen molar-refractivity contribution in [3.8, 4) is 5.75 Å². The summed E-state index contributed by atoms with van der Waals surface area (Å²) < 4.78 is 10.6. The van der Waals surface area contributed by atoms with Crippen LogP contribution in [-0.4, -0.2) is 13.7 Å². The molecular formula is C12H16O2. The SMILES string of the molecule is COc1cc(C(C)C)ccc1C1CO1. The Labute approximate surface area is 84.8 Å². The third-order valence-electron chi connectivity index (χ3n) is 2.60. The summed E-state index contributed by atoms with van der Waals surface area (Å²) in [5.41, 5.74) is 2.49. The van der Waals surface area contributed by atoms with Crippen LogP contribution < -0.4 is 4.74 Å². The van der Waals surface area contributed by atoms with Crippen molar-refractivity contribution in [1.29, 1.82) is 0 Å². The first kappa shape index (κ1) is 9.53. The van der Waals surface area contributed by atoms with Gasteiger partial charge < -0.3 is 9.47 Å². The summed E-state index contributed by atoms with van der Waals surface area (Å²) in [6, 6.07) is 6.39. The van der Waals surface area contributed by atoms with E-state index in [1.807, 2.05) is 0 Å². The Morgan fingerprint density at radius 1 is 1.43 bits per heavy atom. The zero-order chi connectivity index (χ0) is 10.1. The molecule has 14 heavy (non-hydrogen) atoms. The molecule has 1 heterocycles. The highest BCUT2D eigenvalue weighted by atomic mass is 16.6. The summed E-state index contributed by atoms with van der Waals surface area (Å²) in [5.74, 6) is 1.50. The number of hydrogen-bond donors (Lipinski definition) is 0. The molecule has 0 saturated carbocycles. The van der Waals surface area contributed by atoms with Gasteiger partial charge in [-0.3, -0.25) is 0 Å². The third-order valence-corrected chi connectivity index (χ3v) is 2.60. The van der Waals surface area contributed by atoms with Crippen molar-refractivity contribution in [2.75, 3.05) is 13.7 Å². The number of ether oxygens (including phenoxy) is 2. The van der Waals surface area contributed by atoms with Gasteiger partial charge in [0.1, 0.15) is 11.9 Å². The predicted octanol–water partition coefficient (Wildman–Crippen LogP) is 2.89. The molecule has 0 spiro atoms. The molecule has 1 unspecified atom stereocenters. The fourth-order valence-corrected chi connectivity index (χ4v) is 1.58. The van der Waals surface area contributed by atoms with Gasteiger partial charge in [0.15, 0.2) is 0 Å². The molecule has 2 nitrogen and oxygen atoms in total. The average molecular weight is 192 g/mol. The summed E-state index contributed by atoms with van der Waals surface area (Å²) in [6.45, 7) is 5.20. The normalized spacial score (nSPS) is 19.9. The van der Waals surface area contributed by atoms with Crippen LogP contribution in [0.15, 0.2) is 18.2 Å². The molecule has 1 aliphatic rings. The van der Waals surface area contributed by atoms with Crippen molar-refractivity contribution in [2.45, 2.75) is 25.9 Å². The second-order valence-corrected chi connectivity index (χ2v) is 3.98. The molecule has 0 aromatic heterocycles. The molecule has 2 heteroatoms. The molecule has 0 aliphatic carbocycles. The molecule has 2 rings (SSSR count). The van der Waals surface area contributed by atoms with E-state index in [0.29, 0.717) is 5.92 Å². The van der Waals surface area contributed by atoms with Crippen LogP contribution in [0.2, 0.25) is 0 Å². The number of methoxy groups -OCH3 is 1. The van der Waals surface area contributed by atoms with E-state index >= 15 is 0 Å². The van der Waals surface area contributed by atoms with E-state index in [4.69, 9.17) is 9.47 Å². The number of rotatable bonds is 3. The Kier molecular flexibility index (Phi) is 2.46. The maximum absolute atomic E-state index is 5.36. The van der Waals surface area contributed by atoms with Gasteiger partial charge in [-0.2, -0.15) is 0 Å². The van der Waals surface area contributed by atoms with E-state index in [2.05, 4.69) is 32.0 Å². The van der Waals surface area contributed by atoms with Gasteiger partial charge in [0, 0.05) is 5.56 Å². The fraction of sp³-hybridized carbons (Fsp3) is 0.500. The Morgan fingerprint density at radius 2 is 2.14 bits per heavy atom. The molecule has 1 saturated heterocycles. The Balaban J connectivity index is 2.34. The van der Waals surface area contributed by atoms with Crippen LogP contribution in [0.4, 0.5) is 0 Å². The predicted molar refractivity (Wildman–Crippen MR) is 55.8 cm³/mol. The number of benzene rings is 1. The zero-order valence-electron chi connectivity index (χ0n) is 8.91. The molecule has 1 fully saturated rings. The van der Waals surface area contributed by atoms with E-state index in [0.717, 1.165) is 12.4 Å². The second-order valence-electron chi connectivity index (χ2n) is 3.98. The highest BCUT2D eigenvalue weighted by Crippen LogP contribution is 2.37. The van der Waals surface area contributed by atoms with Gasteiger partial charge in [0.25, 0.3) is 0 Å². The van der Waals surface area contributed by atoms with Crippen molar-refractivity contribution in [3.05, 3.63) is 29.3 Å². The van der Waals surface area contributed by atoms with Crippen molar-refractivity contribution >= 4 is 0 Å². The molecular weight excluding hydrogens is 176 g/mol. The van der Waals surface area contributed by atoms with Crippen LogP contribution in [-0.2, 0) is 4.74 Å². The average Bonchev–Trinajstić information content (AvgIpc) is 3.00.